The summed E-state index contributed by atoms with van der Waals surface area (Å²) >= 11 is 5.86. The molecule has 0 aliphatic carbocycles. The fourth-order valence-electron chi connectivity index (χ4n) is 2.93. The van der Waals surface area contributed by atoms with Crippen LogP contribution in [0.5, 0.6) is 0 Å². The Morgan fingerprint density at radius 3 is 2.52 bits per heavy atom. The van der Waals surface area contributed by atoms with Gasteiger partial charge in [-0.05, 0) is 49.1 Å². The van der Waals surface area contributed by atoms with Crippen molar-refractivity contribution in [2.75, 3.05) is 19.6 Å². The van der Waals surface area contributed by atoms with E-state index in [1.165, 1.54) is 0 Å². The van der Waals surface area contributed by atoms with E-state index >= 15 is 0 Å². The maximum absolute atomic E-state index is 12.9. The Labute approximate surface area is 160 Å². The molecule has 2 rings (SSSR count). The van der Waals surface area contributed by atoms with Crippen molar-refractivity contribution in [3.8, 4) is 0 Å². The molecule has 7 heteroatoms. The molecular weight excluding hydrogens is 361 g/mol. The van der Waals surface area contributed by atoms with E-state index in [9.17, 15) is 9.59 Å². The van der Waals surface area contributed by atoms with E-state index in [1.807, 2.05) is 18.7 Å². The van der Waals surface area contributed by atoms with Crippen LogP contribution in [-0.2, 0) is 4.79 Å². The van der Waals surface area contributed by atoms with Crippen molar-refractivity contribution in [1.29, 1.82) is 0 Å². The maximum atomic E-state index is 12.9. The maximum Gasteiger partial charge on any atom is 0.251 e. The Bertz CT molecular complexity index is 580. The SMILES string of the molecule is CCC(C)C(NC(=O)c1ccc(Cl)cc1)C(=O)N1CCC(CN)C1.Cl. The molecule has 0 bridgehead atoms. The third-order valence-corrected chi connectivity index (χ3v) is 5.05. The molecule has 1 fully saturated rings. The smallest absolute Gasteiger partial charge is 0.251 e. The number of hydrogen-bond donors (Lipinski definition) is 2. The van der Waals surface area contributed by atoms with E-state index in [0.717, 1.165) is 12.8 Å². The number of nitrogens with two attached hydrogens (primary N) is 1. The Balaban J connectivity index is 0.00000312. The average Bonchev–Trinajstić information content (AvgIpc) is 3.08. The Morgan fingerprint density at radius 1 is 1.36 bits per heavy atom. The standard InChI is InChI=1S/C18H26ClN3O2.ClH/c1-3-12(2)16(18(24)22-9-8-13(10-20)11-22)21-17(23)14-4-6-15(19)7-5-14;/h4-7,12-13,16H,3,8-11,20H2,1-2H3,(H,21,23);1H. The second-order valence-electron chi connectivity index (χ2n) is 6.52. The van der Waals surface area contributed by atoms with E-state index in [1.54, 1.807) is 24.3 Å². The lowest BCUT2D eigenvalue weighted by Crippen LogP contribution is -2.51. The minimum absolute atomic E-state index is 0. The van der Waals surface area contributed by atoms with Gasteiger partial charge in [0.05, 0.1) is 0 Å². The van der Waals surface area contributed by atoms with Crippen LogP contribution in [0.15, 0.2) is 24.3 Å². The number of benzene rings is 1. The molecule has 0 saturated carbocycles. The van der Waals surface area contributed by atoms with Gasteiger partial charge in [-0.15, -0.1) is 12.4 Å². The largest absolute Gasteiger partial charge is 0.341 e. The second kappa shape index (κ2) is 10.00. The molecule has 1 aliphatic heterocycles. The van der Waals surface area contributed by atoms with Crippen molar-refractivity contribution in [2.45, 2.75) is 32.7 Å². The summed E-state index contributed by atoms with van der Waals surface area (Å²) in [5.41, 5.74) is 6.21. The molecule has 2 amide bonds. The van der Waals surface area contributed by atoms with Crippen LogP contribution in [0.25, 0.3) is 0 Å². The van der Waals surface area contributed by atoms with Gasteiger partial charge in [0.2, 0.25) is 5.91 Å². The van der Waals surface area contributed by atoms with Crippen LogP contribution in [0.1, 0.15) is 37.0 Å². The highest BCUT2D eigenvalue weighted by Crippen LogP contribution is 2.19. The highest BCUT2D eigenvalue weighted by molar-refractivity contribution is 6.30. The topological polar surface area (TPSA) is 75.4 Å². The van der Waals surface area contributed by atoms with Crippen molar-refractivity contribution in [3.63, 3.8) is 0 Å². The van der Waals surface area contributed by atoms with Gasteiger partial charge in [-0.3, -0.25) is 9.59 Å². The summed E-state index contributed by atoms with van der Waals surface area (Å²) in [5, 5.41) is 3.48. The summed E-state index contributed by atoms with van der Waals surface area (Å²) in [7, 11) is 0. The van der Waals surface area contributed by atoms with Crippen LogP contribution < -0.4 is 11.1 Å². The predicted octanol–water partition coefficient (Wildman–Crippen LogP) is 2.71. The van der Waals surface area contributed by atoms with Crippen LogP contribution in [0.3, 0.4) is 0 Å². The number of nitrogens with one attached hydrogen (secondary N) is 1. The number of rotatable bonds is 6. The first-order valence-corrected chi connectivity index (χ1v) is 8.89. The number of likely N-dealkylation sites (tertiary alicyclic amines) is 1. The van der Waals surface area contributed by atoms with Gasteiger partial charge in [-0.1, -0.05) is 31.9 Å². The zero-order chi connectivity index (χ0) is 17.7. The summed E-state index contributed by atoms with van der Waals surface area (Å²) in [5.74, 6) is 0.159. The van der Waals surface area contributed by atoms with E-state index < -0.39 is 6.04 Å². The summed E-state index contributed by atoms with van der Waals surface area (Å²) in [4.78, 5) is 27.2. The number of carbonyl (C=O) groups is 2. The molecule has 3 unspecified atom stereocenters. The first-order chi connectivity index (χ1) is 11.5. The number of nitrogens with zero attached hydrogens (tertiary/aromatic N) is 1. The van der Waals surface area contributed by atoms with Gasteiger partial charge in [0.15, 0.2) is 0 Å². The highest BCUT2D eigenvalue weighted by Gasteiger charge is 2.33. The lowest BCUT2D eigenvalue weighted by molar-refractivity contribution is -0.133. The summed E-state index contributed by atoms with van der Waals surface area (Å²) in [6.07, 6.45) is 1.74. The lowest BCUT2D eigenvalue weighted by Gasteiger charge is -2.28. The van der Waals surface area contributed by atoms with E-state index in [2.05, 4.69) is 5.32 Å². The molecule has 1 saturated heterocycles. The molecule has 1 aliphatic rings. The van der Waals surface area contributed by atoms with E-state index in [-0.39, 0.29) is 30.1 Å². The fraction of sp³-hybridized carbons (Fsp3) is 0.556. The van der Waals surface area contributed by atoms with E-state index in [0.29, 0.717) is 36.1 Å². The number of carbonyl (C=O) groups excluding carboxylic acids is 2. The van der Waals surface area contributed by atoms with Crippen molar-refractivity contribution >= 4 is 35.8 Å². The third kappa shape index (κ3) is 5.59. The van der Waals surface area contributed by atoms with Gasteiger partial charge in [0.1, 0.15) is 6.04 Å². The molecule has 0 radical (unpaired) electrons. The minimum Gasteiger partial charge on any atom is -0.341 e. The van der Waals surface area contributed by atoms with Crippen molar-refractivity contribution < 1.29 is 9.59 Å². The molecule has 3 atom stereocenters. The predicted molar refractivity (Wildman–Crippen MR) is 103 cm³/mol. The normalized spacial score (nSPS) is 19.0. The second-order valence-corrected chi connectivity index (χ2v) is 6.95. The number of hydrogen-bond acceptors (Lipinski definition) is 3. The minimum atomic E-state index is -0.519. The van der Waals surface area contributed by atoms with Crippen molar-refractivity contribution in [3.05, 3.63) is 34.9 Å². The van der Waals surface area contributed by atoms with Gasteiger partial charge in [0, 0.05) is 23.7 Å². The molecule has 25 heavy (non-hydrogen) atoms. The van der Waals surface area contributed by atoms with Gasteiger partial charge in [-0.25, -0.2) is 0 Å². The summed E-state index contributed by atoms with van der Waals surface area (Å²) in [6.45, 7) is 5.99. The molecule has 3 N–H and O–H groups in total. The Morgan fingerprint density at radius 2 is 2.00 bits per heavy atom. The van der Waals surface area contributed by atoms with Crippen molar-refractivity contribution in [1.82, 2.24) is 10.2 Å². The molecule has 5 nitrogen and oxygen atoms in total. The first-order valence-electron chi connectivity index (χ1n) is 8.51. The van der Waals surface area contributed by atoms with Gasteiger partial charge < -0.3 is 16.0 Å². The Hall–Kier alpha value is -1.30. The monoisotopic (exact) mass is 387 g/mol. The van der Waals surface area contributed by atoms with Gasteiger partial charge in [-0.2, -0.15) is 0 Å². The fourth-order valence-corrected chi connectivity index (χ4v) is 3.06. The summed E-state index contributed by atoms with van der Waals surface area (Å²) in [6, 6.07) is 6.15. The molecule has 0 spiro atoms. The van der Waals surface area contributed by atoms with Gasteiger partial charge >= 0.3 is 0 Å². The molecule has 1 aromatic carbocycles. The quantitative estimate of drug-likeness (QED) is 0.787. The van der Waals surface area contributed by atoms with E-state index in [4.69, 9.17) is 17.3 Å². The summed E-state index contributed by atoms with van der Waals surface area (Å²) < 4.78 is 0. The Kier molecular flexibility index (Phi) is 8.69. The molecule has 1 aromatic rings. The first kappa shape index (κ1) is 21.7. The molecule has 0 aromatic heterocycles. The van der Waals surface area contributed by atoms with Crippen LogP contribution in [0, 0.1) is 11.8 Å². The van der Waals surface area contributed by atoms with Crippen LogP contribution in [-0.4, -0.2) is 42.4 Å². The van der Waals surface area contributed by atoms with Crippen LogP contribution in [0.4, 0.5) is 0 Å². The molecule has 140 valence electrons. The molecule has 1 heterocycles. The van der Waals surface area contributed by atoms with Crippen LogP contribution >= 0.6 is 24.0 Å². The zero-order valence-electron chi connectivity index (χ0n) is 14.7. The van der Waals surface area contributed by atoms with Gasteiger partial charge in [0.25, 0.3) is 5.91 Å². The molecular formula is C18H27Cl2N3O2. The lowest BCUT2D eigenvalue weighted by atomic mass is 9.97. The number of amides is 2. The third-order valence-electron chi connectivity index (χ3n) is 4.80. The van der Waals surface area contributed by atoms with Crippen LogP contribution in [0.2, 0.25) is 5.02 Å². The average molecular weight is 388 g/mol. The number of halogens is 2. The van der Waals surface area contributed by atoms with Crippen molar-refractivity contribution in [2.24, 2.45) is 17.6 Å². The highest BCUT2D eigenvalue weighted by atomic mass is 35.5. The zero-order valence-corrected chi connectivity index (χ0v) is 16.3.